The summed E-state index contributed by atoms with van der Waals surface area (Å²) in [5.41, 5.74) is 6.34. The number of hydrogen-bond donors (Lipinski definition) is 1. The summed E-state index contributed by atoms with van der Waals surface area (Å²) in [6.07, 6.45) is 8.26. The number of rotatable bonds is 4. The summed E-state index contributed by atoms with van der Waals surface area (Å²) in [5, 5.41) is 0. The fraction of sp³-hybridized carbons (Fsp3) is 0.941. The highest BCUT2D eigenvalue weighted by atomic mass is 16.2. The van der Waals surface area contributed by atoms with Gasteiger partial charge in [-0.05, 0) is 37.5 Å². The Morgan fingerprint density at radius 3 is 2.40 bits per heavy atom. The Labute approximate surface area is 124 Å². The van der Waals surface area contributed by atoms with E-state index in [0.29, 0.717) is 23.8 Å². The first-order valence-corrected chi connectivity index (χ1v) is 8.56. The number of hydrogen-bond acceptors (Lipinski definition) is 2. The third-order valence-electron chi connectivity index (χ3n) is 5.22. The van der Waals surface area contributed by atoms with E-state index < -0.39 is 0 Å². The van der Waals surface area contributed by atoms with E-state index in [4.69, 9.17) is 5.73 Å². The molecule has 2 N–H and O–H groups in total. The largest absolute Gasteiger partial charge is 0.339 e. The third-order valence-corrected chi connectivity index (χ3v) is 5.22. The van der Waals surface area contributed by atoms with Gasteiger partial charge in [0, 0.05) is 18.6 Å². The molecule has 0 aromatic rings. The van der Waals surface area contributed by atoms with Gasteiger partial charge in [-0.25, -0.2) is 0 Å². The van der Waals surface area contributed by atoms with Crippen molar-refractivity contribution in [2.24, 2.45) is 23.5 Å². The molecule has 0 spiro atoms. The van der Waals surface area contributed by atoms with Crippen molar-refractivity contribution in [1.29, 1.82) is 0 Å². The lowest BCUT2D eigenvalue weighted by atomic mass is 9.77. The molecule has 3 atom stereocenters. The summed E-state index contributed by atoms with van der Waals surface area (Å²) < 4.78 is 0. The second-order valence-corrected chi connectivity index (χ2v) is 7.41. The summed E-state index contributed by atoms with van der Waals surface area (Å²) in [7, 11) is 0. The molecule has 0 aromatic carbocycles. The molecule has 2 fully saturated rings. The van der Waals surface area contributed by atoms with Crippen LogP contribution in [0.15, 0.2) is 0 Å². The Balaban J connectivity index is 2.08. The maximum absolute atomic E-state index is 13.0. The lowest BCUT2D eigenvalue weighted by Crippen LogP contribution is -2.52. The first-order chi connectivity index (χ1) is 9.50. The molecule has 0 radical (unpaired) electrons. The van der Waals surface area contributed by atoms with E-state index >= 15 is 0 Å². The Morgan fingerprint density at radius 1 is 1.15 bits per heavy atom. The number of carbonyl (C=O) groups excluding carboxylic acids is 1. The zero-order valence-corrected chi connectivity index (χ0v) is 13.5. The molecule has 20 heavy (non-hydrogen) atoms. The number of nitrogens with two attached hydrogens (primary N) is 1. The van der Waals surface area contributed by atoms with Gasteiger partial charge in [0.1, 0.15) is 0 Å². The average Bonchev–Trinajstić information content (AvgIpc) is 2.92. The number of amides is 1. The number of carbonyl (C=O) groups is 1. The van der Waals surface area contributed by atoms with Crippen molar-refractivity contribution in [1.82, 2.24) is 4.90 Å². The van der Waals surface area contributed by atoms with Crippen LogP contribution >= 0.6 is 0 Å². The van der Waals surface area contributed by atoms with Gasteiger partial charge in [-0.3, -0.25) is 4.79 Å². The fourth-order valence-corrected chi connectivity index (χ4v) is 3.97. The Hall–Kier alpha value is -0.570. The summed E-state index contributed by atoms with van der Waals surface area (Å²) >= 11 is 0. The minimum Gasteiger partial charge on any atom is -0.339 e. The van der Waals surface area contributed by atoms with Gasteiger partial charge < -0.3 is 10.6 Å². The van der Waals surface area contributed by atoms with Crippen molar-refractivity contribution in [3.8, 4) is 0 Å². The second-order valence-electron chi connectivity index (χ2n) is 7.41. The SMILES string of the molecule is CC(C)CN(C(=O)C1CCCC(C)C1N)C1CCCC1. The summed E-state index contributed by atoms with van der Waals surface area (Å²) in [6, 6.07) is 0.543. The van der Waals surface area contributed by atoms with Crippen LogP contribution in [0.1, 0.15) is 65.7 Å². The minimum atomic E-state index is 0.0623. The van der Waals surface area contributed by atoms with Crippen molar-refractivity contribution in [3.63, 3.8) is 0 Å². The molecule has 3 nitrogen and oxygen atoms in total. The van der Waals surface area contributed by atoms with Gasteiger partial charge in [0.2, 0.25) is 5.91 Å². The van der Waals surface area contributed by atoms with Crippen LogP contribution in [0.25, 0.3) is 0 Å². The number of nitrogens with zero attached hydrogens (tertiary/aromatic N) is 1. The first kappa shape index (κ1) is 15.8. The Morgan fingerprint density at radius 2 is 1.80 bits per heavy atom. The molecule has 2 rings (SSSR count). The van der Waals surface area contributed by atoms with Gasteiger partial charge >= 0.3 is 0 Å². The van der Waals surface area contributed by atoms with Crippen LogP contribution in [0.5, 0.6) is 0 Å². The normalized spacial score (nSPS) is 31.8. The monoisotopic (exact) mass is 280 g/mol. The molecule has 0 aromatic heterocycles. The van der Waals surface area contributed by atoms with Crippen LogP contribution < -0.4 is 5.73 Å². The zero-order chi connectivity index (χ0) is 14.7. The summed E-state index contributed by atoms with van der Waals surface area (Å²) in [6.45, 7) is 7.52. The Kier molecular flexibility index (Phi) is 5.48. The zero-order valence-electron chi connectivity index (χ0n) is 13.5. The average molecular weight is 280 g/mol. The molecule has 0 aliphatic heterocycles. The highest BCUT2D eigenvalue weighted by Gasteiger charge is 2.37. The molecule has 2 saturated carbocycles. The van der Waals surface area contributed by atoms with Crippen molar-refractivity contribution >= 4 is 5.91 Å². The fourth-order valence-electron chi connectivity index (χ4n) is 3.97. The van der Waals surface area contributed by atoms with E-state index in [2.05, 4.69) is 25.7 Å². The lowest BCUT2D eigenvalue weighted by molar-refractivity contribution is -0.140. The quantitative estimate of drug-likeness (QED) is 0.859. The molecule has 2 aliphatic rings. The molecular weight excluding hydrogens is 248 g/mol. The third kappa shape index (κ3) is 3.55. The van der Waals surface area contributed by atoms with E-state index in [1.807, 2.05) is 0 Å². The standard InChI is InChI=1S/C17H32N2O/c1-12(2)11-19(14-8-4-5-9-14)17(20)15-10-6-7-13(3)16(15)18/h12-16H,4-11,18H2,1-3H3. The molecule has 1 amide bonds. The minimum absolute atomic E-state index is 0.0623. The van der Waals surface area contributed by atoms with Crippen LogP contribution in [0.3, 0.4) is 0 Å². The van der Waals surface area contributed by atoms with E-state index in [0.717, 1.165) is 19.4 Å². The summed E-state index contributed by atoms with van der Waals surface area (Å²) in [5.74, 6) is 1.45. The molecule has 3 heteroatoms. The topological polar surface area (TPSA) is 46.3 Å². The van der Waals surface area contributed by atoms with Gasteiger partial charge in [-0.1, -0.05) is 40.0 Å². The molecule has 0 bridgehead atoms. The predicted octanol–water partition coefficient (Wildman–Crippen LogP) is 3.18. The molecule has 3 unspecified atom stereocenters. The van der Waals surface area contributed by atoms with Crippen molar-refractivity contribution < 1.29 is 4.79 Å². The van der Waals surface area contributed by atoms with E-state index in [-0.39, 0.29) is 12.0 Å². The molecule has 0 heterocycles. The molecule has 2 aliphatic carbocycles. The van der Waals surface area contributed by atoms with Gasteiger partial charge in [0.15, 0.2) is 0 Å². The lowest BCUT2D eigenvalue weighted by Gasteiger charge is -2.39. The van der Waals surface area contributed by atoms with E-state index in [1.165, 1.54) is 32.1 Å². The van der Waals surface area contributed by atoms with Crippen molar-refractivity contribution in [2.45, 2.75) is 77.8 Å². The molecule has 0 saturated heterocycles. The molecular formula is C17H32N2O. The van der Waals surface area contributed by atoms with Gasteiger partial charge in [-0.15, -0.1) is 0 Å². The van der Waals surface area contributed by atoms with Crippen LogP contribution in [-0.4, -0.2) is 29.4 Å². The maximum Gasteiger partial charge on any atom is 0.227 e. The van der Waals surface area contributed by atoms with Crippen molar-refractivity contribution in [3.05, 3.63) is 0 Å². The smallest absolute Gasteiger partial charge is 0.227 e. The van der Waals surface area contributed by atoms with Gasteiger partial charge in [0.25, 0.3) is 0 Å². The molecule has 116 valence electrons. The van der Waals surface area contributed by atoms with Crippen LogP contribution in [0, 0.1) is 17.8 Å². The van der Waals surface area contributed by atoms with Gasteiger partial charge in [-0.2, -0.15) is 0 Å². The van der Waals surface area contributed by atoms with Gasteiger partial charge in [0.05, 0.1) is 5.92 Å². The van der Waals surface area contributed by atoms with Crippen molar-refractivity contribution in [2.75, 3.05) is 6.54 Å². The highest BCUT2D eigenvalue weighted by Crippen LogP contribution is 2.32. The van der Waals surface area contributed by atoms with Crippen LogP contribution in [0.4, 0.5) is 0 Å². The first-order valence-electron chi connectivity index (χ1n) is 8.56. The van der Waals surface area contributed by atoms with E-state index in [1.54, 1.807) is 0 Å². The second kappa shape index (κ2) is 6.93. The summed E-state index contributed by atoms with van der Waals surface area (Å²) in [4.78, 5) is 15.2. The van der Waals surface area contributed by atoms with Crippen LogP contribution in [0.2, 0.25) is 0 Å². The Bertz CT molecular complexity index is 323. The highest BCUT2D eigenvalue weighted by molar-refractivity contribution is 5.80. The van der Waals surface area contributed by atoms with E-state index in [9.17, 15) is 4.79 Å². The predicted molar refractivity (Wildman–Crippen MR) is 83.3 cm³/mol. The van der Waals surface area contributed by atoms with Crippen LogP contribution in [-0.2, 0) is 4.79 Å². The maximum atomic E-state index is 13.0.